The summed E-state index contributed by atoms with van der Waals surface area (Å²) < 4.78 is 31.9. The highest BCUT2D eigenvalue weighted by Crippen LogP contribution is 2.35. The lowest BCUT2D eigenvalue weighted by Crippen LogP contribution is -2.51. The van der Waals surface area contributed by atoms with E-state index in [9.17, 15) is 13.2 Å². The van der Waals surface area contributed by atoms with Crippen LogP contribution >= 0.6 is 0 Å². The Kier molecular flexibility index (Phi) is 5.86. The normalized spacial score (nSPS) is 20.0. The van der Waals surface area contributed by atoms with Crippen molar-refractivity contribution in [1.82, 2.24) is 5.32 Å². The highest BCUT2D eigenvalue weighted by atomic mass is 32.2. The van der Waals surface area contributed by atoms with Gasteiger partial charge in [0.2, 0.25) is 10.0 Å². The van der Waals surface area contributed by atoms with Crippen LogP contribution in [0.2, 0.25) is 0 Å². The van der Waals surface area contributed by atoms with Crippen molar-refractivity contribution < 1.29 is 17.9 Å². The third kappa shape index (κ3) is 4.20. The molecule has 142 valence electrons. The van der Waals surface area contributed by atoms with Gasteiger partial charge in [0.25, 0.3) is 5.91 Å². The summed E-state index contributed by atoms with van der Waals surface area (Å²) in [5.41, 5.74) is 1.88. The van der Waals surface area contributed by atoms with Crippen LogP contribution in [0.1, 0.15) is 39.0 Å². The van der Waals surface area contributed by atoms with E-state index >= 15 is 0 Å². The minimum absolute atomic E-state index is 0.00170. The molecular weight excluding hydrogens is 352 g/mol. The highest BCUT2D eigenvalue weighted by molar-refractivity contribution is 7.92. The van der Waals surface area contributed by atoms with Crippen molar-refractivity contribution in [1.29, 1.82) is 0 Å². The monoisotopic (exact) mass is 378 g/mol. The molecule has 0 aromatic heterocycles. The van der Waals surface area contributed by atoms with Crippen molar-refractivity contribution in [2.24, 2.45) is 0 Å². The Morgan fingerprint density at radius 3 is 2.85 bits per heavy atom. The Morgan fingerprint density at radius 1 is 1.31 bits per heavy atom. The van der Waals surface area contributed by atoms with Crippen LogP contribution in [0.5, 0.6) is 5.75 Å². The lowest BCUT2D eigenvalue weighted by Gasteiger charge is -2.34. The van der Waals surface area contributed by atoms with Crippen LogP contribution in [0.3, 0.4) is 0 Å². The van der Waals surface area contributed by atoms with Crippen LogP contribution in [0.15, 0.2) is 35.9 Å². The van der Waals surface area contributed by atoms with Crippen molar-refractivity contribution in [3.63, 3.8) is 0 Å². The number of fused-ring (bicyclic) bond motifs is 1. The summed E-state index contributed by atoms with van der Waals surface area (Å²) in [5, 5.41) is 2.89. The molecule has 1 atom stereocenters. The number of carbonyl (C=O) groups is 1. The summed E-state index contributed by atoms with van der Waals surface area (Å²) in [4.78, 5) is 12.5. The van der Waals surface area contributed by atoms with E-state index in [0.717, 1.165) is 19.3 Å². The van der Waals surface area contributed by atoms with Crippen LogP contribution in [-0.2, 0) is 14.8 Å². The molecular formula is C19H26N2O4S. The molecule has 0 spiro atoms. The van der Waals surface area contributed by atoms with E-state index in [1.807, 2.05) is 0 Å². The summed E-state index contributed by atoms with van der Waals surface area (Å²) in [6, 6.07) is 6.93. The number of hydrogen-bond acceptors (Lipinski definition) is 4. The van der Waals surface area contributed by atoms with Crippen molar-refractivity contribution in [3.8, 4) is 5.75 Å². The molecule has 7 heteroatoms. The summed E-state index contributed by atoms with van der Waals surface area (Å²) >= 11 is 0. The second-order valence-corrected chi connectivity index (χ2v) is 8.84. The predicted molar refractivity (Wildman–Crippen MR) is 102 cm³/mol. The number of nitrogens with one attached hydrogen (secondary N) is 1. The van der Waals surface area contributed by atoms with Gasteiger partial charge in [-0.25, -0.2) is 8.42 Å². The third-order valence-corrected chi connectivity index (χ3v) is 6.61. The molecule has 6 nitrogen and oxygen atoms in total. The summed E-state index contributed by atoms with van der Waals surface area (Å²) in [6.07, 6.45) is 6.94. The van der Waals surface area contributed by atoms with E-state index in [1.54, 1.807) is 31.2 Å². The number of nitrogens with zero attached hydrogens (tertiary/aromatic N) is 1. The van der Waals surface area contributed by atoms with E-state index in [4.69, 9.17) is 4.74 Å². The van der Waals surface area contributed by atoms with E-state index in [1.165, 1.54) is 22.7 Å². The van der Waals surface area contributed by atoms with Crippen LogP contribution in [0.25, 0.3) is 0 Å². The van der Waals surface area contributed by atoms with Gasteiger partial charge in [-0.3, -0.25) is 9.10 Å². The third-order valence-electron chi connectivity index (χ3n) is 4.86. The van der Waals surface area contributed by atoms with Crippen molar-refractivity contribution in [2.45, 2.75) is 45.1 Å². The fraction of sp³-hybridized carbons (Fsp3) is 0.526. The molecule has 26 heavy (non-hydrogen) atoms. The molecule has 1 heterocycles. The van der Waals surface area contributed by atoms with E-state index in [0.29, 0.717) is 18.0 Å². The number of hydrogen-bond donors (Lipinski definition) is 1. The smallest absolute Gasteiger partial charge is 0.263 e. The van der Waals surface area contributed by atoms with Gasteiger partial charge in [-0.2, -0.15) is 0 Å². The number of para-hydroxylation sites is 2. The van der Waals surface area contributed by atoms with Gasteiger partial charge in [-0.15, -0.1) is 0 Å². The summed E-state index contributed by atoms with van der Waals surface area (Å²) in [6.45, 7) is 2.15. The van der Waals surface area contributed by atoms with Gasteiger partial charge in [0, 0.05) is 6.54 Å². The Hall–Kier alpha value is -2.02. The van der Waals surface area contributed by atoms with Crippen molar-refractivity contribution >= 4 is 21.6 Å². The van der Waals surface area contributed by atoms with Crippen LogP contribution in [-0.4, -0.2) is 39.3 Å². The molecule has 0 saturated carbocycles. The molecule has 1 aromatic rings. The molecule has 0 bridgehead atoms. The largest absolute Gasteiger partial charge is 0.476 e. The van der Waals surface area contributed by atoms with Gasteiger partial charge in [-0.05, 0) is 51.2 Å². The van der Waals surface area contributed by atoms with Gasteiger partial charge >= 0.3 is 0 Å². The summed E-state index contributed by atoms with van der Waals surface area (Å²) in [7, 11) is -3.47. The highest BCUT2D eigenvalue weighted by Gasteiger charge is 2.35. The Bertz CT molecular complexity index is 788. The number of benzene rings is 1. The molecule has 1 aliphatic heterocycles. The first kappa shape index (κ1) is 18.8. The number of amides is 1. The minimum atomic E-state index is -3.47. The Morgan fingerprint density at radius 2 is 2.12 bits per heavy atom. The fourth-order valence-electron chi connectivity index (χ4n) is 3.35. The van der Waals surface area contributed by atoms with E-state index in [2.05, 4.69) is 11.4 Å². The molecule has 1 aromatic carbocycles. The molecule has 0 radical (unpaired) electrons. The lowest BCUT2D eigenvalue weighted by atomic mass is 9.97. The van der Waals surface area contributed by atoms with Crippen LogP contribution < -0.4 is 14.4 Å². The van der Waals surface area contributed by atoms with Gasteiger partial charge in [0.05, 0.1) is 18.0 Å². The summed E-state index contributed by atoms with van der Waals surface area (Å²) in [5.74, 6) is 0.127. The molecule has 2 aliphatic rings. The quantitative estimate of drug-likeness (QED) is 0.772. The fourth-order valence-corrected chi connectivity index (χ4v) is 4.47. The second kappa shape index (κ2) is 8.12. The molecule has 1 amide bonds. The number of carbonyl (C=O) groups excluding carboxylic acids is 1. The maximum Gasteiger partial charge on any atom is 0.263 e. The zero-order chi connectivity index (χ0) is 18.6. The lowest BCUT2D eigenvalue weighted by molar-refractivity contribution is -0.127. The Labute approximate surface area is 155 Å². The first-order valence-corrected chi connectivity index (χ1v) is 10.8. The van der Waals surface area contributed by atoms with E-state index < -0.39 is 16.1 Å². The molecule has 1 N–H and O–H groups in total. The zero-order valence-corrected chi connectivity index (χ0v) is 15.9. The minimum Gasteiger partial charge on any atom is -0.476 e. The first-order valence-electron chi connectivity index (χ1n) is 9.23. The average Bonchev–Trinajstić information content (AvgIpc) is 2.67. The predicted octanol–water partition coefficient (Wildman–Crippen LogP) is 2.61. The van der Waals surface area contributed by atoms with Gasteiger partial charge < -0.3 is 10.1 Å². The van der Waals surface area contributed by atoms with E-state index in [-0.39, 0.29) is 18.2 Å². The molecule has 0 saturated heterocycles. The molecule has 1 aliphatic carbocycles. The van der Waals surface area contributed by atoms with Crippen LogP contribution in [0.4, 0.5) is 5.69 Å². The number of allylic oxidation sites excluding steroid dienone is 1. The second-order valence-electron chi connectivity index (χ2n) is 6.66. The average molecular weight is 378 g/mol. The molecule has 0 fully saturated rings. The first-order chi connectivity index (χ1) is 12.5. The maximum atomic E-state index is 12.5. The SMILES string of the molecule is CCS(=O)(=O)N1C[C@@H](C(=O)NCCC2=CCCCC2)Oc2ccccc21. The number of ether oxygens (including phenoxy) is 1. The van der Waals surface area contributed by atoms with Crippen molar-refractivity contribution in [3.05, 3.63) is 35.9 Å². The Balaban J connectivity index is 1.66. The maximum absolute atomic E-state index is 12.5. The van der Waals surface area contributed by atoms with Gasteiger partial charge in [-0.1, -0.05) is 23.8 Å². The molecule has 3 rings (SSSR count). The number of anilines is 1. The molecule has 0 unspecified atom stereocenters. The number of rotatable bonds is 6. The van der Waals surface area contributed by atoms with Gasteiger partial charge in [0.1, 0.15) is 5.75 Å². The number of sulfonamides is 1. The topological polar surface area (TPSA) is 75.7 Å². The van der Waals surface area contributed by atoms with Crippen molar-refractivity contribution in [2.75, 3.05) is 23.1 Å². The van der Waals surface area contributed by atoms with Gasteiger partial charge in [0.15, 0.2) is 6.10 Å². The zero-order valence-electron chi connectivity index (χ0n) is 15.1. The van der Waals surface area contributed by atoms with Crippen LogP contribution in [0, 0.1) is 0 Å². The standard InChI is InChI=1S/C19H26N2O4S/c1-2-26(23,24)21-14-18(25-17-11-7-6-10-16(17)21)19(22)20-13-12-15-8-4-3-5-9-15/h6-8,10-11,18H,2-5,9,12-14H2,1H3,(H,20,22)/t18-/m0/s1.